The summed E-state index contributed by atoms with van der Waals surface area (Å²) in [7, 11) is 0. The molecule has 2 nitrogen and oxygen atoms in total. The first-order valence-corrected chi connectivity index (χ1v) is 2.73. The maximum atomic E-state index is 6.34. The molecule has 0 bridgehead atoms. The van der Waals surface area contributed by atoms with Gasteiger partial charge in [-0.25, -0.2) is 0 Å². The van der Waals surface area contributed by atoms with E-state index in [2.05, 4.69) is 0 Å². The SMILES string of the molecule is N=[C](N)[Pb]. The van der Waals surface area contributed by atoms with Gasteiger partial charge in [0.1, 0.15) is 0 Å². The summed E-state index contributed by atoms with van der Waals surface area (Å²) in [4.78, 5) is 0. The van der Waals surface area contributed by atoms with Gasteiger partial charge in [-0.15, -0.1) is 0 Å². The molecule has 0 spiro atoms. The van der Waals surface area contributed by atoms with Crippen molar-refractivity contribution in [2.24, 2.45) is 5.73 Å². The van der Waals surface area contributed by atoms with Gasteiger partial charge in [-0.1, -0.05) is 0 Å². The van der Waals surface area contributed by atoms with E-state index in [4.69, 9.17) is 11.1 Å². The van der Waals surface area contributed by atoms with Gasteiger partial charge in [-0.2, -0.15) is 0 Å². The Morgan fingerprint density at radius 1 is 2.00 bits per heavy atom. The van der Waals surface area contributed by atoms with Gasteiger partial charge in [-0.05, 0) is 0 Å². The van der Waals surface area contributed by atoms with E-state index in [9.17, 15) is 0 Å². The quantitative estimate of drug-likeness (QED) is 0.325. The zero-order valence-corrected chi connectivity index (χ0v) is 5.96. The van der Waals surface area contributed by atoms with E-state index >= 15 is 0 Å². The molecule has 0 aliphatic heterocycles. The second-order valence-corrected chi connectivity index (χ2v) is 2.51. The van der Waals surface area contributed by atoms with Crippen LogP contribution in [0.1, 0.15) is 0 Å². The molecule has 0 fully saturated rings. The predicted molar refractivity (Wildman–Crippen MR) is 17.7 cm³/mol. The molecule has 3 heteroatoms. The van der Waals surface area contributed by atoms with Crippen molar-refractivity contribution in [3.05, 3.63) is 0 Å². The van der Waals surface area contributed by atoms with Crippen molar-refractivity contribution < 1.29 is 0 Å². The molecular weight excluding hydrogens is 247 g/mol. The summed E-state index contributed by atoms with van der Waals surface area (Å²) < 4.78 is 0.306. The molecule has 3 N–H and O–H groups in total. The number of rotatable bonds is 0. The third-order valence-electron chi connectivity index (χ3n) is 0. The van der Waals surface area contributed by atoms with Crippen molar-refractivity contribution in [1.82, 2.24) is 0 Å². The predicted octanol–water partition coefficient (Wildman–Crippen LogP) is -0.952. The van der Waals surface area contributed by atoms with Crippen LogP contribution in [0, 0.1) is 5.41 Å². The number of nitrogens with one attached hydrogen (secondary N) is 1. The zero-order valence-electron chi connectivity index (χ0n) is 2.08. The van der Waals surface area contributed by atoms with Gasteiger partial charge >= 0.3 is 40.3 Å². The van der Waals surface area contributed by atoms with Crippen LogP contribution in [0.15, 0.2) is 0 Å². The van der Waals surface area contributed by atoms with Crippen LogP contribution in [-0.2, 0) is 0 Å². The summed E-state index contributed by atoms with van der Waals surface area (Å²) >= 11 is 0.710. The molecule has 0 rings (SSSR count). The van der Waals surface area contributed by atoms with Crippen molar-refractivity contribution in [3.63, 3.8) is 0 Å². The summed E-state index contributed by atoms with van der Waals surface area (Å²) in [6.45, 7) is 0. The van der Waals surface area contributed by atoms with Gasteiger partial charge in [0.15, 0.2) is 0 Å². The molecule has 0 saturated heterocycles. The molecule has 0 saturated carbocycles. The van der Waals surface area contributed by atoms with Crippen LogP contribution in [-0.4, -0.2) is 29.2 Å². The average molecular weight is 250 g/mol. The zero-order chi connectivity index (χ0) is 3.58. The Kier molecular flexibility index (Phi) is 1.85. The van der Waals surface area contributed by atoms with Crippen LogP contribution in [0.25, 0.3) is 0 Å². The molecule has 0 aliphatic rings. The topological polar surface area (TPSA) is 49.9 Å². The molecule has 0 amide bonds. The Bertz CT molecular complexity index is 29.0. The fraction of sp³-hybridized carbons (Fsp3) is 0. The van der Waals surface area contributed by atoms with E-state index in [0.717, 1.165) is 0 Å². The van der Waals surface area contributed by atoms with E-state index in [1.807, 2.05) is 0 Å². The molecular formula is CH3N2Pb. The summed E-state index contributed by atoms with van der Waals surface area (Å²) in [6, 6.07) is 0. The molecule has 21 valence electrons. The molecule has 0 atom stereocenters. The van der Waals surface area contributed by atoms with E-state index in [0.29, 0.717) is 29.2 Å². The Morgan fingerprint density at radius 2 is 2.00 bits per heavy atom. The minimum atomic E-state index is 0.306. The maximum absolute atomic E-state index is 6.34. The monoisotopic (exact) mass is 251 g/mol. The summed E-state index contributed by atoms with van der Waals surface area (Å²) in [6.07, 6.45) is 0. The van der Waals surface area contributed by atoms with Crippen LogP contribution in [0.4, 0.5) is 0 Å². The van der Waals surface area contributed by atoms with Gasteiger partial charge in [-0.3, -0.25) is 0 Å². The molecule has 0 unspecified atom stereocenters. The molecule has 0 aromatic rings. The standard InChI is InChI=1S/CH3N2.Pb/c2-1-3;/h(H3,2,3);. The van der Waals surface area contributed by atoms with E-state index in [-0.39, 0.29) is 0 Å². The molecule has 0 aliphatic carbocycles. The van der Waals surface area contributed by atoms with Crippen LogP contribution in [0.3, 0.4) is 0 Å². The Labute approximate surface area is 40.6 Å². The van der Waals surface area contributed by atoms with Crippen molar-refractivity contribution in [1.29, 1.82) is 5.41 Å². The first kappa shape index (κ1) is 4.39. The van der Waals surface area contributed by atoms with Gasteiger partial charge in [0.05, 0.1) is 0 Å². The summed E-state index contributed by atoms with van der Waals surface area (Å²) in [5, 5.41) is 6.34. The normalized spacial score (nSPS) is 6.25. The number of hydrogen-bond donors (Lipinski definition) is 2. The fourth-order valence-corrected chi connectivity index (χ4v) is 0. The molecule has 0 aromatic carbocycles. The van der Waals surface area contributed by atoms with Crippen molar-refractivity contribution >= 4 is 29.2 Å². The van der Waals surface area contributed by atoms with Gasteiger partial charge < -0.3 is 0 Å². The van der Waals surface area contributed by atoms with Crippen molar-refractivity contribution in [2.45, 2.75) is 0 Å². The first-order chi connectivity index (χ1) is 1.73. The second-order valence-electron chi connectivity index (χ2n) is 0.414. The summed E-state index contributed by atoms with van der Waals surface area (Å²) in [5.74, 6) is 0. The average Bonchev–Trinajstić information content (AvgIpc) is 0.811. The molecule has 0 aromatic heterocycles. The fourth-order valence-electron chi connectivity index (χ4n) is 0. The third kappa shape index (κ3) is 30.2. The molecule has 4 heavy (non-hydrogen) atoms. The number of nitrogens with two attached hydrogens (primary N) is 1. The van der Waals surface area contributed by atoms with E-state index in [1.165, 1.54) is 0 Å². The molecule has 0 heterocycles. The van der Waals surface area contributed by atoms with Gasteiger partial charge in [0.25, 0.3) is 0 Å². The van der Waals surface area contributed by atoms with Crippen LogP contribution in [0.2, 0.25) is 0 Å². The minimum absolute atomic E-state index is 0.306. The Morgan fingerprint density at radius 3 is 2.00 bits per heavy atom. The Hall–Kier alpha value is 0.392. The van der Waals surface area contributed by atoms with Gasteiger partial charge in [0, 0.05) is 0 Å². The van der Waals surface area contributed by atoms with E-state index < -0.39 is 0 Å². The van der Waals surface area contributed by atoms with Gasteiger partial charge in [0.2, 0.25) is 0 Å². The Balaban J connectivity index is 2.80. The number of hydrogen-bond acceptors (Lipinski definition) is 1. The number of amidine groups is 1. The second kappa shape index (κ2) is 1.69. The van der Waals surface area contributed by atoms with Crippen molar-refractivity contribution in [2.75, 3.05) is 0 Å². The van der Waals surface area contributed by atoms with Crippen LogP contribution in [0.5, 0.6) is 0 Å². The first-order valence-electron chi connectivity index (χ1n) is 0.789. The van der Waals surface area contributed by atoms with Crippen molar-refractivity contribution in [3.8, 4) is 0 Å². The van der Waals surface area contributed by atoms with Crippen LogP contribution >= 0.6 is 0 Å². The summed E-state index contributed by atoms with van der Waals surface area (Å²) in [5.41, 5.74) is 4.76. The van der Waals surface area contributed by atoms with E-state index in [1.54, 1.807) is 0 Å². The molecule has 3 radical (unpaired) electrons. The third-order valence-corrected chi connectivity index (χ3v) is 0. The van der Waals surface area contributed by atoms with Crippen LogP contribution < -0.4 is 5.73 Å².